The number of hydrogen-bond acceptors (Lipinski definition) is 2. The zero-order chi connectivity index (χ0) is 12.7. The van der Waals surface area contributed by atoms with E-state index in [4.69, 9.17) is 0 Å². The lowest BCUT2D eigenvalue weighted by Crippen LogP contribution is -2.41. The Balaban J connectivity index is 0.00000289. The summed E-state index contributed by atoms with van der Waals surface area (Å²) in [6.07, 6.45) is 2.75. The lowest BCUT2D eigenvalue weighted by atomic mass is 10.2. The summed E-state index contributed by atoms with van der Waals surface area (Å²) in [5.74, 6) is 1.56. The van der Waals surface area contributed by atoms with Crippen molar-refractivity contribution in [2.24, 2.45) is 10.9 Å². The molecule has 0 aromatic carbocycles. The maximum absolute atomic E-state index is 4.55. The van der Waals surface area contributed by atoms with Crippen molar-refractivity contribution in [3.05, 3.63) is 0 Å². The maximum Gasteiger partial charge on any atom is 0.191 e. The SMILES string of the molecule is CCNC(=NCC(C)C)NCCN(C)C1CC1.I. The standard InChI is InChI=1S/C13H28N4.HI/c1-5-14-13(16-10-11(2)3)15-8-9-17(4)12-6-7-12;/h11-12H,5-10H2,1-4H3,(H2,14,15,16);1H. The number of nitrogens with zero attached hydrogens (tertiary/aromatic N) is 2. The molecule has 1 aliphatic rings. The summed E-state index contributed by atoms with van der Waals surface area (Å²) >= 11 is 0. The van der Waals surface area contributed by atoms with E-state index >= 15 is 0 Å². The lowest BCUT2D eigenvalue weighted by Gasteiger charge is -2.17. The molecule has 0 aromatic rings. The molecule has 18 heavy (non-hydrogen) atoms. The monoisotopic (exact) mass is 368 g/mol. The Bertz CT molecular complexity index is 239. The molecule has 4 nitrogen and oxygen atoms in total. The van der Waals surface area contributed by atoms with E-state index in [0.29, 0.717) is 5.92 Å². The number of guanidine groups is 1. The maximum atomic E-state index is 4.55. The van der Waals surface area contributed by atoms with E-state index < -0.39 is 0 Å². The van der Waals surface area contributed by atoms with Crippen molar-refractivity contribution in [1.82, 2.24) is 15.5 Å². The molecule has 0 saturated heterocycles. The van der Waals surface area contributed by atoms with Crippen LogP contribution in [0.1, 0.15) is 33.6 Å². The fourth-order valence-electron chi connectivity index (χ4n) is 1.66. The van der Waals surface area contributed by atoms with Crippen LogP contribution in [0, 0.1) is 5.92 Å². The van der Waals surface area contributed by atoms with Gasteiger partial charge in [-0.15, -0.1) is 24.0 Å². The molecule has 0 spiro atoms. The number of hydrogen-bond donors (Lipinski definition) is 2. The molecule has 0 bridgehead atoms. The van der Waals surface area contributed by atoms with Crippen LogP contribution in [0.5, 0.6) is 0 Å². The van der Waals surface area contributed by atoms with Crippen molar-refractivity contribution in [3.63, 3.8) is 0 Å². The van der Waals surface area contributed by atoms with Crippen molar-refractivity contribution < 1.29 is 0 Å². The molecule has 108 valence electrons. The molecule has 2 N–H and O–H groups in total. The van der Waals surface area contributed by atoms with Crippen molar-refractivity contribution >= 4 is 29.9 Å². The van der Waals surface area contributed by atoms with Crippen LogP contribution in [-0.2, 0) is 0 Å². The van der Waals surface area contributed by atoms with E-state index in [2.05, 4.69) is 48.3 Å². The Morgan fingerprint density at radius 3 is 2.50 bits per heavy atom. The van der Waals surface area contributed by atoms with Gasteiger partial charge in [-0.05, 0) is 32.7 Å². The smallest absolute Gasteiger partial charge is 0.191 e. The highest BCUT2D eigenvalue weighted by molar-refractivity contribution is 14.0. The summed E-state index contributed by atoms with van der Waals surface area (Å²) in [5.41, 5.74) is 0. The van der Waals surface area contributed by atoms with Crippen LogP contribution in [0.25, 0.3) is 0 Å². The van der Waals surface area contributed by atoms with E-state index in [-0.39, 0.29) is 24.0 Å². The van der Waals surface area contributed by atoms with Crippen molar-refractivity contribution in [2.45, 2.75) is 39.7 Å². The van der Waals surface area contributed by atoms with E-state index in [0.717, 1.165) is 38.2 Å². The highest BCUT2D eigenvalue weighted by atomic mass is 127. The topological polar surface area (TPSA) is 39.7 Å². The van der Waals surface area contributed by atoms with Crippen LogP contribution in [0.3, 0.4) is 0 Å². The Kier molecular flexibility index (Phi) is 9.81. The first-order valence-electron chi connectivity index (χ1n) is 6.86. The number of halogens is 1. The van der Waals surface area contributed by atoms with Gasteiger partial charge in [0, 0.05) is 32.2 Å². The third-order valence-electron chi connectivity index (χ3n) is 2.89. The van der Waals surface area contributed by atoms with Gasteiger partial charge in [0.05, 0.1) is 0 Å². The second-order valence-corrected chi connectivity index (χ2v) is 5.25. The van der Waals surface area contributed by atoms with Crippen LogP contribution in [-0.4, -0.2) is 50.1 Å². The van der Waals surface area contributed by atoms with E-state index in [1.165, 1.54) is 12.8 Å². The first kappa shape index (κ1) is 18.0. The second-order valence-electron chi connectivity index (χ2n) is 5.25. The normalized spacial score (nSPS) is 15.8. The summed E-state index contributed by atoms with van der Waals surface area (Å²) < 4.78 is 0. The van der Waals surface area contributed by atoms with Gasteiger partial charge in [-0.1, -0.05) is 13.8 Å². The number of aliphatic imine (C=N–C) groups is 1. The quantitative estimate of drug-likeness (QED) is 0.410. The minimum absolute atomic E-state index is 0. The van der Waals surface area contributed by atoms with Crippen molar-refractivity contribution in [3.8, 4) is 0 Å². The van der Waals surface area contributed by atoms with Gasteiger partial charge in [0.15, 0.2) is 5.96 Å². The fourth-order valence-corrected chi connectivity index (χ4v) is 1.66. The molecule has 1 rings (SSSR count). The van der Waals surface area contributed by atoms with Crippen molar-refractivity contribution in [2.75, 3.05) is 33.2 Å². The van der Waals surface area contributed by atoms with Gasteiger partial charge < -0.3 is 15.5 Å². The summed E-state index contributed by atoms with van der Waals surface area (Å²) in [5, 5.41) is 6.66. The zero-order valence-corrected chi connectivity index (χ0v) is 14.5. The molecule has 1 aliphatic carbocycles. The molecular weight excluding hydrogens is 339 g/mol. The molecule has 0 heterocycles. The van der Waals surface area contributed by atoms with E-state index in [1.807, 2.05) is 0 Å². The Morgan fingerprint density at radius 1 is 1.33 bits per heavy atom. The average molecular weight is 368 g/mol. The van der Waals surface area contributed by atoms with Gasteiger partial charge in [0.2, 0.25) is 0 Å². The average Bonchev–Trinajstić information content (AvgIpc) is 3.09. The van der Waals surface area contributed by atoms with Gasteiger partial charge in [0.1, 0.15) is 0 Å². The van der Waals surface area contributed by atoms with Gasteiger partial charge in [0.25, 0.3) is 0 Å². The molecular formula is C13H29IN4. The predicted octanol–water partition coefficient (Wildman–Crippen LogP) is 1.91. The number of likely N-dealkylation sites (N-methyl/N-ethyl adjacent to an activating group) is 1. The molecule has 0 radical (unpaired) electrons. The number of rotatable bonds is 7. The molecule has 0 unspecified atom stereocenters. The van der Waals surface area contributed by atoms with E-state index in [1.54, 1.807) is 0 Å². The Hall–Kier alpha value is -0.0400. The molecule has 0 aliphatic heterocycles. The van der Waals surface area contributed by atoms with Crippen LogP contribution in [0.15, 0.2) is 4.99 Å². The van der Waals surface area contributed by atoms with Gasteiger partial charge in [-0.25, -0.2) is 0 Å². The first-order chi connectivity index (χ1) is 8.13. The largest absolute Gasteiger partial charge is 0.357 e. The Labute approximate surface area is 129 Å². The molecule has 0 amide bonds. The molecule has 1 fully saturated rings. The molecule has 0 atom stereocenters. The van der Waals surface area contributed by atoms with Crippen molar-refractivity contribution in [1.29, 1.82) is 0 Å². The number of nitrogens with one attached hydrogen (secondary N) is 2. The zero-order valence-electron chi connectivity index (χ0n) is 12.2. The van der Waals surface area contributed by atoms with Gasteiger partial charge in [-0.2, -0.15) is 0 Å². The van der Waals surface area contributed by atoms with Crippen LogP contribution >= 0.6 is 24.0 Å². The highest BCUT2D eigenvalue weighted by Crippen LogP contribution is 2.24. The minimum Gasteiger partial charge on any atom is -0.357 e. The molecule has 0 aromatic heterocycles. The second kappa shape index (κ2) is 9.83. The summed E-state index contributed by atoms with van der Waals surface area (Å²) in [6, 6.07) is 0.840. The molecule has 5 heteroatoms. The summed E-state index contributed by atoms with van der Waals surface area (Å²) in [6.45, 7) is 10.3. The van der Waals surface area contributed by atoms with Crippen LogP contribution < -0.4 is 10.6 Å². The Morgan fingerprint density at radius 2 is 2.00 bits per heavy atom. The van der Waals surface area contributed by atoms with Gasteiger partial charge in [-0.3, -0.25) is 4.99 Å². The van der Waals surface area contributed by atoms with Crippen LogP contribution in [0.4, 0.5) is 0 Å². The fraction of sp³-hybridized carbons (Fsp3) is 0.923. The highest BCUT2D eigenvalue weighted by Gasteiger charge is 2.25. The first-order valence-corrected chi connectivity index (χ1v) is 6.86. The predicted molar refractivity (Wildman–Crippen MR) is 89.9 cm³/mol. The van der Waals surface area contributed by atoms with E-state index in [9.17, 15) is 0 Å². The third kappa shape index (κ3) is 8.13. The minimum atomic E-state index is 0. The van der Waals surface area contributed by atoms with Gasteiger partial charge >= 0.3 is 0 Å². The lowest BCUT2D eigenvalue weighted by molar-refractivity contribution is 0.328. The molecule has 1 saturated carbocycles. The summed E-state index contributed by atoms with van der Waals surface area (Å²) in [4.78, 5) is 6.98. The third-order valence-corrected chi connectivity index (χ3v) is 2.89. The van der Waals surface area contributed by atoms with Crippen LogP contribution in [0.2, 0.25) is 0 Å². The summed E-state index contributed by atoms with van der Waals surface area (Å²) in [7, 11) is 2.21.